The molecule has 0 saturated carbocycles. The smallest absolute Gasteiger partial charge is 0.258 e. The molecule has 0 bridgehead atoms. The van der Waals surface area contributed by atoms with Crippen molar-refractivity contribution in [1.29, 1.82) is 0 Å². The minimum Gasteiger partial charge on any atom is -0.378 e. The van der Waals surface area contributed by atoms with Crippen LogP contribution in [0.1, 0.15) is 35.7 Å². The lowest BCUT2D eigenvalue weighted by Crippen LogP contribution is -2.51. The molecular formula is C24H26N6O2. The monoisotopic (exact) mass is 430 g/mol. The van der Waals surface area contributed by atoms with Crippen LogP contribution < -0.4 is 5.56 Å². The molecule has 0 amide bonds. The van der Waals surface area contributed by atoms with E-state index in [9.17, 15) is 4.79 Å². The molecule has 0 spiro atoms. The Morgan fingerprint density at radius 1 is 1.00 bits per heavy atom. The zero-order valence-corrected chi connectivity index (χ0v) is 18.4. The Kier molecular flexibility index (Phi) is 4.58. The second kappa shape index (κ2) is 7.50. The number of hydrogen-bond acceptors (Lipinski definition) is 6. The van der Waals surface area contributed by atoms with E-state index in [1.807, 2.05) is 42.9 Å². The van der Waals surface area contributed by atoms with E-state index in [4.69, 9.17) is 9.72 Å². The zero-order chi connectivity index (χ0) is 21.8. The summed E-state index contributed by atoms with van der Waals surface area (Å²) in [6.45, 7) is 7.81. The Hall–Kier alpha value is -3.10. The molecule has 32 heavy (non-hydrogen) atoms. The number of hydrogen-bond donors (Lipinski definition) is 0. The van der Waals surface area contributed by atoms with Crippen molar-refractivity contribution >= 4 is 11.2 Å². The summed E-state index contributed by atoms with van der Waals surface area (Å²) < 4.78 is 8.81. The number of nitrogens with zero attached hydrogens (tertiary/aromatic N) is 6. The van der Waals surface area contributed by atoms with Gasteiger partial charge in [-0.25, -0.2) is 9.50 Å². The van der Waals surface area contributed by atoms with Gasteiger partial charge in [-0.05, 0) is 63.4 Å². The van der Waals surface area contributed by atoms with Crippen molar-refractivity contribution in [2.45, 2.75) is 38.6 Å². The molecule has 164 valence electrons. The van der Waals surface area contributed by atoms with E-state index in [2.05, 4.69) is 21.0 Å². The predicted molar refractivity (Wildman–Crippen MR) is 121 cm³/mol. The summed E-state index contributed by atoms with van der Waals surface area (Å²) in [6.07, 6.45) is 6.07. The summed E-state index contributed by atoms with van der Waals surface area (Å²) in [5, 5.41) is 4.63. The van der Waals surface area contributed by atoms with Gasteiger partial charge in [-0.2, -0.15) is 5.10 Å². The van der Waals surface area contributed by atoms with Crippen LogP contribution in [0, 0.1) is 13.8 Å². The van der Waals surface area contributed by atoms with Gasteiger partial charge in [0.05, 0.1) is 48.1 Å². The summed E-state index contributed by atoms with van der Waals surface area (Å²) in [6, 6.07) is 8.20. The van der Waals surface area contributed by atoms with Crippen LogP contribution in [0.3, 0.4) is 0 Å². The fourth-order valence-electron chi connectivity index (χ4n) is 4.94. The van der Waals surface area contributed by atoms with Crippen molar-refractivity contribution in [1.82, 2.24) is 28.9 Å². The highest BCUT2D eigenvalue weighted by Crippen LogP contribution is 2.30. The zero-order valence-electron chi connectivity index (χ0n) is 18.4. The average Bonchev–Trinajstić information content (AvgIpc) is 3.17. The minimum atomic E-state index is -0.0843. The third-order valence-electron chi connectivity index (χ3n) is 6.84. The van der Waals surface area contributed by atoms with Crippen LogP contribution in [0.5, 0.6) is 0 Å². The number of ether oxygens (including phenoxy) is 1. The molecule has 0 unspecified atom stereocenters. The Labute approximate surface area is 185 Å². The second-order valence-electron chi connectivity index (χ2n) is 9.00. The largest absolute Gasteiger partial charge is 0.378 e. The molecule has 2 fully saturated rings. The molecule has 4 aromatic rings. The first-order chi connectivity index (χ1) is 15.5. The van der Waals surface area contributed by atoms with Crippen LogP contribution in [0.15, 0.2) is 41.5 Å². The molecule has 0 aromatic carbocycles. The van der Waals surface area contributed by atoms with E-state index in [1.54, 1.807) is 10.5 Å². The van der Waals surface area contributed by atoms with Crippen LogP contribution in [-0.2, 0) is 4.74 Å². The van der Waals surface area contributed by atoms with Gasteiger partial charge in [0.1, 0.15) is 11.3 Å². The molecule has 2 aliphatic heterocycles. The van der Waals surface area contributed by atoms with Crippen LogP contribution in [-0.4, -0.2) is 61.2 Å². The van der Waals surface area contributed by atoms with Gasteiger partial charge in [0.25, 0.3) is 5.56 Å². The number of pyridine rings is 1. The molecule has 0 aliphatic carbocycles. The second-order valence-corrected chi connectivity index (χ2v) is 9.00. The lowest BCUT2D eigenvalue weighted by molar-refractivity contribution is -0.0712. The fraction of sp³-hybridized carbons (Fsp3) is 0.417. The Balaban J connectivity index is 1.30. The lowest BCUT2D eigenvalue weighted by atomic mass is 9.89. The molecule has 6 heterocycles. The van der Waals surface area contributed by atoms with Gasteiger partial charge < -0.3 is 4.74 Å². The fourth-order valence-corrected chi connectivity index (χ4v) is 4.94. The third kappa shape index (κ3) is 3.30. The molecule has 0 radical (unpaired) electrons. The first-order valence-corrected chi connectivity index (χ1v) is 11.2. The van der Waals surface area contributed by atoms with E-state index in [1.165, 1.54) is 5.56 Å². The number of aromatic nitrogens is 5. The van der Waals surface area contributed by atoms with Crippen LogP contribution in [0.2, 0.25) is 0 Å². The summed E-state index contributed by atoms with van der Waals surface area (Å²) in [5.74, 6) is 0.473. The van der Waals surface area contributed by atoms with Crippen molar-refractivity contribution in [2.75, 3.05) is 26.3 Å². The van der Waals surface area contributed by atoms with Crippen molar-refractivity contribution in [2.24, 2.45) is 0 Å². The molecular weight excluding hydrogens is 404 g/mol. The number of likely N-dealkylation sites (tertiary alicyclic amines) is 1. The molecule has 0 N–H and O–H groups in total. The Morgan fingerprint density at radius 3 is 2.56 bits per heavy atom. The Morgan fingerprint density at radius 2 is 1.81 bits per heavy atom. The maximum absolute atomic E-state index is 13.0. The maximum atomic E-state index is 13.0. The van der Waals surface area contributed by atoms with Gasteiger partial charge in [0.2, 0.25) is 0 Å². The van der Waals surface area contributed by atoms with Gasteiger partial charge in [-0.1, -0.05) is 6.07 Å². The van der Waals surface area contributed by atoms with Crippen LogP contribution in [0.25, 0.3) is 22.6 Å². The van der Waals surface area contributed by atoms with E-state index in [0.717, 1.165) is 56.0 Å². The highest BCUT2D eigenvalue weighted by Gasteiger charge is 2.30. The minimum absolute atomic E-state index is 0.0843. The molecule has 8 nitrogen and oxygen atoms in total. The number of rotatable bonds is 3. The summed E-state index contributed by atoms with van der Waals surface area (Å²) in [7, 11) is 0. The van der Waals surface area contributed by atoms with Crippen molar-refractivity contribution in [3.63, 3.8) is 0 Å². The van der Waals surface area contributed by atoms with Gasteiger partial charge in [0, 0.05) is 12.3 Å². The number of aryl methyl sites for hydroxylation is 2. The number of fused-ring (bicyclic) bond motifs is 2. The first kappa shape index (κ1) is 19.6. The molecule has 0 atom stereocenters. The molecule has 2 saturated heterocycles. The Bertz CT molecular complexity index is 1380. The van der Waals surface area contributed by atoms with Gasteiger partial charge in [-0.3, -0.25) is 19.1 Å². The predicted octanol–water partition coefficient (Wildman–Crippen LogP) is 2.60. The highest BCUT2D eigenvalue weighted by molar-refractivity contribution is 5.66. The summed E-state index contributed by atoms with van der Waals surface area (Å²) >= 11 is 0. The van der Waals surface area contributed by atoms with Crippen LogP contribution in [0.4, 0.5) is 0 Å². The standard InChI is InChI=1S/C24H26N6O2/c1-15-11-30-22(16(2)25-15)9-21(27-30)20-10-24(31)29-12-18(3-4-23(29)26-20)17-5-7-28(8-6-17)19-13-32-14-19/h3-4,9-12,17,19H,5-8,13-14H2,1-2H3. The van der Waals surface area contributed by atoms with E-state index >= 15 is 0 Å². The molecule has 6 rings (SSSR count). The molecule has 2 aliphatic rings. The van der Waals surface area contributed by atoms with E-state index < -0.39 is 0 Å². The third-order valence-corrected chi connectivity index (χ3v) is 6.84. The highest BCUT2D eigenvalue weighted by atomic mass is 16.5. The van der Waals surface area contributed by atoms with Gasteiger partial charge in [-0.15, -0.1) is 0 Å². The number of piperidine rings is 1. The summed E-state index contributed by atoms with van der Waals surface area (Å²) in [5.41, 5.74) is 5.75. The van der Waals surface area contributed by atoms with Crippen molar-refractivity contribution in [3.05, 3.63) is 64.0 Å². The van der Waals surface area contributed by atoms with E-state index in [0.29, 0.717) is 29.0 Å². The van der Waals surface area contributed by atoms with Gasteiger partial charge in [0.15, 0.2) is 0 Å². The van der Waals surface area contributed by atoms with Crippen molar-refractivity contribution < 1.29 is 4.74 Å². The SMILES string of the molecule is Cc1cn2nc(-c3cc(=O)n4cc(C5CCN(C6COC6)CC5)ccc4n3)cc2c(C)n1. The topological polar surface area (TPSA) is 77.0 Å². The molecule has 8 heteroatoms. The summed E-state index contributed by atoms with van der Waals surface area (Å²) in [4.78, 5) is 24.8. The quantitative estimate of drug-likeness (QED) is 0.497. The molecule has 4 aromatic heterocycles. The van der Waals surface area contributed by atoms with E-state index in [-0.39, 0.29) is 5.56 Å². The maximum Gasteiger partial charge on any atom is 0.258 e. The average molecular weight is 431 g/mol. The lowest BCUT2D eigenvalue weighted by Gasteiger charge is -2.41. The van der Waals surface area contributed by atoms with Crippen LogP contribution >= 0.6 is 0 Å². The normalized spacial score (nSPS) is 18.4. The van der Waals surface area contributed by atoms with Crippen molar-refractivity contribution in [3.8, 4) is 11.4 Å². The first-order valence-electron chi connectivity index (χ1n) is 11.2. The van der Waals surface area contributed by atoms with Gasteiger partial charge >= 0.3 is 0 Å².